The molecule has 1 fully saturated rings. The fourth-order valence-corrected chi connectivity index (χ4v) is 2.18. The van der Waals surface area contributed by atoms with Crippen molar-refractivity contribution < 1.29 is 24.2 Å². The summed E-state index contributed by atoms with van der Waals surface area (Å²) in [6.07, 6.45) is -0.181. The zero-order valence-electron chi connectivity index (χ0n) is 10.0. The lowest BCUT2D eigenvalue weighted by atomic mass is 9.92. The third-order valence-electron chi connectivity index (χ3n) is 3.51. The van der Waals surface area contributed by atoms with Crippen molar-refractivity contribution in [2.75, 3.05) is 14.2 Å². The van der Waals surface area contributed by atoms with Crippen LogP contribution in [-0.4, -0.2) is 37.4 Å². The van der Waals surface area contributed by atoms with Crippen LogP contribution in [0.5, 0.6) is 0 Å². The number of carbonyl (C=O) groups excluding carboxylic acids is 2. The third-order valence-corrected chi connectivity index (χ3v) is 3.51. The lowest BCUT2D eigenvalue weighted by Crippen LogP contribution is -2.33. The predicted octanol–water partition coefficient (Wildman–Crippen LogP) is 0.356. The van der Waals surface area contributed by atoms with Crippen molar-refractivity contribution in [1.82, 2.24) is 0 Å². The molecule has 1 saturated carbocycles. The van der Waals surface area contributed by atoms with Gasteiger partial charge in [0.1, 0.15) is 0 Å². The summed E-state index contributed by atoms with van der Waals surface area (Å²) in [5.41, 5.74) is -1.19. The van der Waals surface area contributed by atoms with Crippen LogP contribution >= 0.6 is 0 Å². The average Bonchev–Trinajstić information content (AvgIpc) is 3.02. The number of esters is 2. The van der Waals surface area contributed by atoms with E-state index in [0.717, 1.165) is 0 Å². The van der Waals surface area contributed by atoms with Crippen molar-refractivity contribution in [3.05, 3.63) is 0 Å². The van der Waals surface area contributed by atoms with Crippen LogP contribution in [0, 0.1) is 17.3 Å². The lowest BCUT2D eigenvalue weighted by molar-refractivity contribution is -0.162. The van der Waals surface area contributed by atoms with Gasteiger partial charge in [-0.15, -0.1) is 0 Å². The van der Waals surface area contributed by atoms with E-state index in [0.29, 0.717) is 6.42 Å². The molecule has 0 spiro atoms. The predicted molar refractivity (Wildman–Crippen MR) is 55.4 cm³/mol. The molecule has 0 saturated heterocycles. The zero-order chi connectivity index (χ0) is 12.5. The van der Waals surface area contributed by atoms with Crippen molar-refractivity contribution >= 4 is 11.9 Å². The Morgan fingerprint density at radius 3 is 2.00 bits per heavy atom. The summed E-state index contributed by atoms with van der Waals surface area (Å²) in [4.78, 5) is 23.3. The van der Waals surface area contributed by atoms with E-state index in [1.165, 1.54) is 14.2 Å². The normalized spacial score (nSPS) is 25.4. The van der Waals surface area contributed by atoms with E-state index in [4.69, 9.17) is 0 Å². The second-order valence-corrected chi connectivity index (χ2v) is 4.36. The van der Waals surface area contributed by atoms with Crippen molar-refractivity contribution in [3.8, 4) is 0 Å². The standard InChI is InChI=1S/C11H18O5/c1-6(7(2)12)8-5-11(8,9(13)15-3)10(14)16-4/h6-8,12H,5H2,1-4H3/t6-,7+,8+/m0/s1. The van der Waals surface area contributed by atoms with Crippen LogP contribution in [0.1, 0.15) is 20.3 Å². The monoisotopic (exact) mass is 230 g/mol. The quantitative estimate of drug-likeness (QED) is 0.557. The molecule has 0 amide bonds. The number of methoxy groups -OCH3 is 2. The van der Waals surface area contributed by atoms with E-state index in [2.05, 4.69) is 9.47 Å². The van der Waals surface area contributed by atoms with E-state index >= 15 is 0 Å². The van der Waals surface area contributed by atoms with E-state index in [-0.39, 0.29) is 11.8 Å². The highest BCUT2D eigenvalue weighted by Crippen LogP contribution is 2.58. The van der Waals surface area contributed by atoms with Gasteiger partial charge in [0.15, 0.2) is 5.41 Å². The van der Waals surface area contributed by atoms with Crippen molar-refractivity contribution in [1.29, 1.82) is 0 Å². The van der Waals surface area contributed by atoms with Gasteiger partial charge in [0, 0.05) is 0 Å². The first kappa shape index (κ1) is 13.0. The third kappa shape index (κ3) is 1.80. The SMILES string of the molecule is COC(=O)C1(C(=O)OC)C[C@@H]1[C@@H](C)[C@@H](C)O. The van der Waals surface area contributed by atoms with Gasteiger partial charge >= 0.3 is 11.9 Å². The van der Waals surface area contributed by atoms with Gasteiger partial charge in [0.05, 0.1) is 20.3 Å². The Morgan fingerprint density at radius 2 is 1.69 bits per heavy atom. The molecule has 16 heavy (non-hydrogen) atoms. The minimum atomic E-state index is -1.19. The first-order valence-electron chi connectivity index (χ1n) is 5.26. The first-order chi connectivity index (χ1) is 7.41. The fourth-order valence-electron chi connectivity index (χ4n) is 2.18. The highest BCUT2D eigenvalue weighted by atomic mass is 16.5. The molecule has 0 aromatic rings. The number of rotatable bonds is 4. The Kier molecular flexibility index (Phi) is 3.57. The maximum Gasteiger partial charge on any atom is 0.323 e. The molecule has 0 aromatic heterocycles. The Morgan fingerprint density at radius 1 is 1.25 bits per heavy atom. The zero-order valence-corrected chi connectivity index (χ0v) is 10.0. The van der Waals surface area contributed by atoms with Gasteiger partial charge in [0.25, 0.3) is 0 Å². The van der Waals surface area contributed by atoms with E-state index in [1.807, 2.05) is 6.92 Å². The Labute approximate surface area is 94.7 Å². The molecule has 1 N–H and O–H groups in total. The largest absolute Gasteiger partial charge is 0.468 e. The van der Waals surface area contributed by atoms with Crippen molar-refractivity contribution in [2.24, 2.45) is 17.3 Å². The van der Waals surface area contributed by atoms with Gasteiger partial charge in [0.2, 0.25) is 0 Å². The molecular formula is C11H18O5. The molecule has 1 aliphatic rings. The molecule has 5 nitrogen and oxygen atoms in total. The summed E-state index contributed by atoms with van der Waals surface area (Å²) in [7, 11) is 2.49. The fraction of sp³-hybridized carbons (Fsp3) is 0.818. The molecule has 92 valence electrons. The molecule has 1 aliphatic carbocycles. The van der Waals surface area contributed by atoms with Gasteiger partial charge < -0.3 is 14.6 Å². The van der Waals surface area contributed by atoms with E-state index in [9.17, 15) is 14.7 Å². The van der Waals surface area contributed by atoms with E-state index in [1.54, 1.807) is 6.92 Å². The van der Waals surface area contributed by atoms with Crippen LogP contribution in [-0.2, 0) is 19.1 Å². The second-order valence-electron chi connectivity index (χ2n) is 4.36. The summed E-state index contributed by atoms with van der Waals surface area (Å²) in [6, 6.07) is 0. The second kappa shape index (κ2) is 4.41. The molecule has 0 unspecified atom stereocenters. The summed E-state index contributed by atoms with van der Waals surface area (Å²) in [5, 5.41) is 9.47. The van der Waals surface area contributed by atoms with Crippen LogP contribution in [0.2, 0.25) is 0 Å². The van der Waals surface area contributed by atoms with Crippen LogP contribution in [0.4, 0.5) is 0 Å². The van der Waals surface area contributed by atoms with Gasteiger partial charge in [-0.05, 0) is 25.2 Å². The molecule has 1 rings (SSSR count). The smallest absolute Gasteiger partial charge is 0.323 e. The minimum absolute atomic E-state index is 0.141. The van der Waals surface area contributed by atoms with Crippen LogP contribution in [0.25, 0.3) is 0 Å². The van der Waals surface area contributed by atoms with Gasteiger partial charge in [-0.25, -0.2) is 0 Å². The number of carbonyl (C=O) groups is 2. The van der Waals surface area contributed by atoms with Crippen LogP contribution < -0.4 is 0 Å². The number of aliphatic hydroxyl groups is 1. The topological polar surface area (TPSA) is 72.8 Å². The Bertz CT molecular complexity index is 281. The Balaban J connectivity index is 2.88. The number of hydrogen-bond donors (Lipinski definition) is 1. The van der Waals surface area contributed by atoms with E-state index < -0.39 is 23.5 Å². The van der Waals surface area contributed by atoms with Gasteiger partial charge in [-0.2, -0.15) is 0 Å². The molecule has 0 aliphatic heterocycles. The summed E-state index contributed by atoms with van der Waals surface area (Å²) in [5.74, 6) is -1.49. The first-order valence-corrected chi connectivity index (χ1v) is 5.26. The minimum Gasteiger partial charge on any atom is -0.468 e. The molecule has 0 bridgehead atoms. The molecule has 0 radical (unpaired) electrons. The van der Waals surface area contributed by atoms with Crippen molar-refractivity contribution in [3.63, 3.8) is 0 Å². The summed E-state index contributed by atoms with van der Waals surface area (Å²) in [6.45, 7) is 3.45. The molecule has 5 heteroatoms. The van der Waals surface area contributed by atoms with Crippen molar-refractivity contribution in [2.45, 2.75) is 26.4 Å². The maximum atomic E-state index is 11.6. The van der Waals surface area contributed by atoms with Crippen LogP contribution in [0.15, 0.2) is 0 Å². The summed E-state index contributed by atoms with van der Waals surface area (Å²) >= 11 is 0. The number of aliphatic hydroxyl groups excluding tert-OH is 1. The van der Waals surface area contributed by atoms with Gasteiger partial charge in [-0.3, -0.25) is 9.59 Å². The van der Waals surface area contributed by atoms with Gasteiger partial charge in [-0.1, -0.05) is 6.92 Å². The number of hydrogen-bond acceptors (Lipinski definition) is 5. The molecule has 3 atom stereocenters. The maximum absolute atomic E-state index is 11.6. The number of ether oxygens (including phenoxy) is 2. The highest BCUT2D eigenvalue weighted by molar-refractivity contribution is 6.03. The molecular weight excluding hydrogens is 212 g/mol. The molecule has 0 heterocycles. The lowest BCUT2D eigenvalue weighted by Gasteiger charge is -2.18. The highest BCUT2D eigenvalue weighted by Gasteiger charge is 2.69. The average molecular weight is 230 g/mol. The van der Waals surface area contributed by atoms with Crippen LogP contribution in [0.3, 0.4) is 0 Å². The Hall–Kier alpha value is -1.10. The molecule has 0 aromatic carbocycles. The summed E-state index contributed by atoms with van der Waals surface area (Å²) < 4.78 is 9.28.